The average molecular weight is 391 g/mol. The Balaban J connectivity index is 2.39. The molecule has 0 atom stereocenters. The van der Waals surface area contributed by atoms with Gasteiger partial charge in [0, 0.05) is 18.4 Å². The summed E-state index contributed by atoms with van der Waals surface area (Å²) >= 11 is 5.85. The maximum absolute atomic E-state index is 12.3. The topological polar surface area (TPSA) is 123 Å². The van der Waals surface area contributed by atoms with Gasteiger partial charge in [-0.1, -0.05) is 11.6 Å². The quantitative estimate of drug-likeness (QED) is 0.617. The predicted molar refractivity (Wildman–Crippen MR) is 88.5 cm³/mol. The first kappa shape index (κ1) is 18.2. The number of anilines is 1. The molecule has 24 heavy (non-hydrogen) atoms. The van der Waals surface area contributed by atoms with Gasteiger partial charge in [-0.05, 0) is 30.3 Å². The molecule has 0 saturated carbocycles. The number of hydrogen-bond acceptors (Lipinski definition) is 6. The number of nitro benzene ring substituents is 1. The zero-order chi connectivity index (χ0) is 18.1. The molecule has 0 unspecified atom stereocenters. The van der Waals surface area contributed by atoms with Gasteiger partial charge in [-0.2, -0.15) is 0 Å². The van der Waals surface area contributed by atoms with Crippen molar-refractivity contribution < 1.29 is 21.8 Å². The van der Waals surface area contributed by atoms with E-state index in [2.05, 4.69) is 4.72 Å². The largest absolute Gasteiger partial charge is 0.278 e. The van der Waals surface area contributed by atoms with Gasteiger partial charge in [-0.15, -0.1) is 0 Å². The summed E-state index contributed by atoms with van der Waals surface area (Å²) in [6.07, 6.45) is 0.998. The van der Waals surface area contributed by atoms with Crippen molar-refractivity contribution in [2.45, 2.75) is 9.79 Å². The van der Waals surface area contributed by atoms with Crippen LogP contribution in [0.5, 0.6) is 0 Å². The highest BCUT2D eigenvalue weighted by Crippen LogP contribution is 2.29. The highest BCUT2D eigenvalue weighted by Gasteiger charge is 2.19. The molecule has 0 amide bonds. The van der Waals surface area contributed by atoms with Crippen molar-refractivity contribution in [3.63, 3.8) is 0 Å². The maximum Gasteiger partial charge on any atom is 0.271 e. The first-order valence-corrected chi connectivity index (χ1v) is 10.0. The summed E-state index contributed by atoms with van der Waals surface area (Å²) in [6.45, 7) is 0. The summed E-state index contributed by atoms with van der Waals surface area (Å²) < 4.78 is 49.5. The SMILES string of the molecule is CS(=O)(=O)c1ccc(S(=O)(=O)Nc2cc([N+](=O)[O-])ccc2Cl)cc1. The lowest BCUT2D eigenvalue weighted by Gasteiger charge is -2.10. The van der Waals surface area contributed by atoms with Gasteiger partial charge >= 0.3 is 0 Å². The number of benzene rings is 2. The Morgan fingerprint density at radius 3 is 2.04 bits per heavy atom. The Labute approximate surface area is 143 Å². The Kier molecular flexibility index (Phi) is 4.83. The van der Waals surface area contributed by atoms with Crippen LogP contribution in [0.3, 0.4) is 0 Å². The molecule has 0 saturated heterocycles. The van der Waals surface area contributed by atoms with Crippen LogP contribution in [-0.2, 0) is 19.9 Å². The lowest BCUT2D eigenvalue weighted by molar-refractivity contribution is -0.384. The third-order valence-electron chi connectivity index (χ3n) is 2.97. The van der Waals surface area contributed by atoms with Crippen molar-refractivity contribution in [1.29, 1.82) is 0 Å². The van der Waals surface area contributed by atoms with Crippen molar-refractivity contribution in [2.75, 3.05) is 11.0 Å². The standard InChI is InChI=1S/C13H11ClN2O6S2/c1-23(19,20)10-3-5-11(6-4-10)24(21,22)15-13-8-9(16(17)18)2-7-12(13)14/h2-8,15H,1H3. The molecule has 2 aromatic carbocycles. The van der Waals surface area contributed by atoms with Crippen LogP contribution in [0.2, 0.25) is 5.02 Å². The van der Waals surface area contributed by atoms with E-state index in [0.717, 1.165) is 42.7 Å². The minimum Gasteiger partial charge on any atom is -0.278 e. The molecule has 0 radical (unpaired) electrons. The average Bonchev–Trinajstić information content (AvgIpc) is 2.48. The van der Waals surface area contributed by atoms with Gasteiger partial charge in [-0.25, -0.2) is 16.8 Å². The molecule has 2 aromatic rings. The zero-order valence-electron chi connectivity index (χ0n) is 12.1. The number of sulfone groups is 1. The summed E-state index contributed by atoms with van der Waals surface area (Å²) in [7, 11) is -7.55. The van der Waals surface area contributed by atoms with Gasteiger partial charge in [0.1, 0.15) is 0 Å². The van der Waals surface area contributed by atoms with E-state index in [9.17, 15) is 26.9 Å². The third-order valence-corrected chi connectivity index (χ3v) is 5.81. The molecule has 8 nitrogen and oxygen atoms in total. The number of nitrogens with one attached hydrogen (secondary N) is 1. The van der Waals surface area contributed by atoms with Gasteiger partial charge in [0.05, 0.1) is 25.4 Å². The number of rotatable bonds is 5. The van der Waals surface area contributed by atoms with Crippen molar-refractivity contribution in [1.82, 2.24) is 0 Å². The second-order valence-electron chi connectivity index (χ2n) is 4.77. The molecule has 0 aliphatic heterocycles. The molecule has 0 spiro atoms. The van der Waals surface area contributed by atoms with Crippen molar-refractivity contribution >= 4 is 42.8 Å². The molecule has 11 heteroatoms. The fourth-order valence-electron chi connectivity index (χ4n) is 1.77. The minimum absolute atomic E-state index is 0.0167. The Morgan fingerprint density at radius 1 is 1.00 bits per heavy atom. The van der Waals surface area contributed by atoms with Crippen LogP contribution in [0.4, 0.5) is 11.4 Å². The monoisotopic (exact) mass is 390 g/mol. The lowest BCUT2D eigenvalue weighted by Crippen LogP contribution is -2.13. The fourth-order valence-corrected chi connectivity index (χ4v) is 3.70. The summed E-state index contributed by atoms with van der Waals surface area (Å²) in [6, 6.07) is 7.86. The number of sulfonamides is 1. The summed E-state index contributed by atoms with van der Waals surface area (Å²) in [5.41, 5.74) is -0.484. The molecule has 0 aliphatic rings. The van der Waals surface area contributed by atoms with Crippen LogP contribution in [0.15, 0.2) is 52.3 Å². The normalized spacial score (nSPS) is 11.9. The van der Waals surface area contributed by atoms with Crippen LogP contribution < -0.4 is 4.72 Å². The van der Waals surface area contributed by atoms with Crippen LogP contribution in [0, 0.1) is 10.1 Å². The van der Waals surface area contributed by atoms with E-state index in [1.165, 1.54) is 6.07 Å². The fraction of sp³-hybridized carbons (Fsp3) is 0.0769. The summed E-state index contributed by atoms with van der Waals surface area (Å²) in [5, 5.41) is 10.7. The van der Waals surface area contributed by atoms with E-state index in [0.29, 0.717) is 0 Å². The number of nitrogens with zero attached hydrogens (tertiary/aromatic N) is 1. The van der Waals surface area contributed by atoms with Gasteiger partial charge in [0.25, 0.3) is 15.7 Å². The van der Waals surface area contributed by atoms with Gasteiger partial charge in [-0.3, -0.25) is 14.8 Å². The van der Waals surface area contributed by atoms with E-state index in [-0.39, 0.29) is 26.2 Å². The first-order chi connectivity index (χ1) is 11.0. The van der Waals surface area contributed by atoms with Gasteiger partial charge in [0.15, 0.2) is 9.84 Å². The van der Waals surface area contributed by atoms with Crippen LogP contribution in [0.25, 0.3) is 0 Å². The van der Waals surface area contributed by atoms with Crippen LogP contribution >= 0.6 is 11.6 Å². The molecule has 128 valence electrons. The Hall–Kier alpha value is -2.17. The zero-order valence-corrected chi connectivity index (χ0v) is 14.5. The molecule has 0 fully saturated rings. The highest BCUT2D eigenvalue weighted by atomic mass is 35.5. The van der Waals surface area contributed by atoms with Crippen LogP contribution in [0.1, 0.15) is 0 Å². The highest BCUT2D eigenvalue weighted by molar-refractivity contribution is 7.92. The number of nitro groups is 1. The molecular weight excluding hydrogens is 380 g/mol. The van der Waals surface area contributed by atoms with E-state index < -0.39 is 24.8 Å². The van der Waals surface area contributed by atoms with Gasteiger partial charge < -0.3 is 0 Å². The van der Waals surface area contributed by atoms with Crippen molar-refractivity contribution in [3.8, 4) is 0 Å². The Morgan fingerprint density at radius 2 is 1.54 bits per heavy atom. The number of hydrogen-bond donors (Lipinski definition) is 1. The van der Waals surface area contributed by atoms with Crippen molar-refractivity contribution in [2.24, 2.45) is 0 Å². The maximum atomic E-state index is 12.3. The number of non-ortho nitro benzene ring substituents is 1. The van der Waals surface area contributed by atoms with Crippen LogP contribution in [-0.4, -0.2) is 28.0 Å². The van der Waals surface area contributed by atoms with E-state index in [4.69, 9.17) is 11.6 Å². The Bertz CT molecular complexity index is 1000. The lowest BCUT2D eigenvalue weighted by atomic mass is 10.3. The van der Waals surface area contributed by atoms with Crippen molar-refractivity contribution in [3.05, 3.63) is 57.6 Å². The smallest absolute Gasteiger partial charge is 0.271 e. The van der Waals surface area contributed by atoms with E-state index in [1.807, 2.05) is 0 Å². The number of halogens is 1. The molecular formula is C13H11ClN2O6S2. The summed E-state index contributed by atoms with van der Waals surface area (Å²) in [4.78, 5) is 9.83. The first-order valence-electron chi connectivity index (χ1n) is 6.27. The van der Waals surface area contributed by atoms with E-state index in [1.54, 1.807) is 0 Å². The summed E-state index contributed by atoms with van der Waals surface area (Å²) in [5.74, 6) is 0. The second-order valence-corrected chi connectivity index (χ2v) is 8.88. The second kappa shape index (κ2) is 6.38. The van der Waals surface area contributed by atoms with E-state index >= 15 is 0 Å². The minimum atomic E-state index is -4.09. The molecule has 0 aliphatic carbocycles. The molecule has 0 aromatic heterocycles. The molecule has 1 N–H and O–H groups in total. The van der Waals surface area contributed by atoms with Gasteiger partial charge in [0.2, 0.25) is 0 Å². The molecule has 2 rings (SSSR count). The predicted octanol–water partition coefficient (Wildman–Crippen LogP) is 2.45. The third kappa shape index (κ3) is 4.02. The molecule has 0 bridgehead atoms. The molecule has 0 heterocycles.